The van der Waals surface area contributed by atoms with Crippen LogP contribution in [0.1, 0.15) is 46.0 Å². The third kappa shape index (κ3) is 3.51. The molecule has 21 heavy (non-hydrogen) atoms. The summed E-state index contributed by atoms with van der Waals surface area (Å²) in [5.74, 6) is 0.0800. The summed E-state index contributed by atoms with van der Waals surface area (Å²) in [5, 5.41) is 0. The molecule has 1 aromatic rings. The molecule has 2 N–H and O–H groups in total. The van der Waals surface area contributed by atoms with E-state index in [9.17, 15) is 8.42 Å². The highest BCUT2D eigenvalue weighted by Crippen LogP contribution is 2.30. The number of rotatable bonds is 5. The molecule has 0 radical (unpaired) electrons. The molecule has 0 bridgehead atoms. The number of benzene rings is 1. The van der Waals surface area contributed by atoms with E-state index in [0.29, 0.717) is 11.7 Å². The smallest absolute Gasteiger partial charge is 0.180 e. The highest BCUT2D eigenvalue weighted by Gasteiger charge is 2.22. The van der Waals surface area contributed by atoms with Crippen LogP contribution in [0.3, 0.4) is 0 Å². The standard InChI is InChI=1S/C16H26N2O2S/c1-3-18(13-8-6-5-7-9-13)14-10-11-16(15(17)12-14)21(19,20)4-2/h10-13H,3-9,17H2,1-2H3. The molecule has 0 atom stereocenters. The average molecular weight is 310 g/mol. The first kappa shape index (κ1) is 16.1. The minimum Gasteiger partial charge on any atom is -0.398 e. The number of nitrogens with zero attached hydrogens (tertiary/aromatic N) is 1. The summed E-state index contributed by atoms with van der Waals surface area (Å²) in [5.41, 5.74) is 7.40. The first-order valence-corrected chi connectivity index (χ1v) is 9.53. The van der Waals surface area contributed by atoms with Crippen LogP contribution in [0.5, 0.6) is 0 Å². The van der Waals surface area contributed by atoms with Gasteiger partial charge in [0.25, 0.3) is 0 Å². The van der Waals surface area contributed by atoms with E-state index < -0.39 is 9.84 Å². The Bertz CT molecular complexity index is 578. The summed E-state index contributed by atoms with van der Waals surface area (Å²) in [6.45, 7) is 4.70. The first-order chi connectivity index (χ1) is 9.99. The van der Waals surface area contributed by atoms with Gasteiger partial charge < -0.3 is 10.6 Å². The van der Waals surface area contributed by atoms with Crippen LogP contribution in [0.25, 0.3) is 0 Å². The molecular weight excluding hydrogens is 284 g/mol. The first-order valence-electron chi connectivity index (χ1n) is 7.88. The van der Waals surface area contributed by atoms with Crippen molar-refractivity contribution >= 4 is 21.2 Å². The molecule has 2 rings (SSSR count). The topological polar surface area (TPSA) is 63.4 Å². The number of sulfone groups is 1. The zero-order valence-corrected chi connectivity index (χ0v) is 13.8. The highest BCUT2D eigenvalue weighted by molar-refractivity contribution is 7.91. The van der Waals surface area contributed by atoms with Gasteiger partial charge in [-0.05, 0) is 38.0 Å². The molecule has 0 amide bonds. The second-order valence-electron chi connectivity index (χ2n) is 5.70. The van der Waals surface area contributed by atoms with Crippen molar-refractivity contribution in [1.29, 1.82) is 0 Å². The molecule has 0 spiro atoms. The molecule has 1 fully saturated rings. The molecular formula is C16H26N2O2S. The van der Waals surface area contributed by atoms with E-state index in [4.69, 9.17) is 5.73 Å². The van der Waals surface area contributed by atoms with Crippen molar-refractivity contribution in [3.05, 3.63) is 18.2 Å². The maximum Gasteiger partial charge on any atom is 0.180 e. The van der Waals surface area contributed by atoms with Gasteiger partial charge in [-0.15, -0.1) is 0 Å². The van der Waals surface area contributed by atoms with E-state index in [1.807, 2.05) is 12.1 Å². The third-order valence-corrected chi connectivity index (χ3v) is 6.20. The van der Waals surface area contributed by atoms with Gasteiger partial charge in [0.05, 0.1) is 16.3 Å². The minimum atomic E-state index is -3.25. The van der Waals surface area contributed by atoms with Crippen LogP contribution in [-0.2, 0) is 9.84 Å². The van der Waals surface area contributed by atoms with Gasteiger partial charge in [-0.25, -0.2) is 8.42 Å². The van der Waals surface area contributed by atoms with Gasteiger partial charge in [0.1, 0.15) is 0 Å². The van der Waals surface area contributed by atoms with Gasteiger partial charge in [0, 0.05) is 18.3 Å². The van der Waals surface area contributed by atoms with Crippen LogP contribution in [-0.4, -0.2) is 26.8 Å². The number of anilines is 2. The number of hydrogen-bond acceptors (Lipinski definition) is 4. The van der Waals surface area contributed by atoms with Crippen LogP contribution in [0, 0.1) is 0 Å². The molecule has 1 aromatic carbocycles. The Hall–Kier alpha value is -1.23. The Morgan fingerprint density at radius 2 is 1.86 bits per heavy atom. The molecule has 118 valence electrons. The molecule has 1 saturated carbocycles. The normalized spacial score (nSPS) is 16.9. The van der Waals surface area contributed by atoms with Gasteiger partial charge >= 0.3 is 0 Å². The Labute approximate surface area is 128 Å². The maximum absolute atomic E-state index is 12.0. The van der Waals surface area contributed by atoms with E-state index in [1.54, 1.807) is 13.0 Å². The Morgan fingerprint density at radius 3 is 2.38 bits per heavy atom. The predicted molar refractivity (Wildman–Crippen MR) is 88.5 cm³/mol. The molecule has 0 heterocycles. The molecule has 1 aliphatic carbocycles. The molecule has 4 nitrogen and oxygen atoms in total. The predicted octanol–water partition coefficient (Wildman–Crippen LogP) is 3.22. The molecule has 5 heteroatoms. The largest absolute Gasteiger partial charge is 0.398 e. The lowest BCUT2D eigenvalue weighted by Crippen LogP contribution is -2.36. The lowest BCUT2D eigenvalue weighted by Gasteiger charge is -2.35. The van der Waals surface area contributed by atoms with Crippen molar-refractivity contribution in [3.63, 3.8) is 0 Å². The van der Waals surface area contributed by atoms with E-state index in [0.717, 1.165) is 12.2 Å². The monoisotopic (exact) mass is 310 g/mol. The Balaban J connectivity index is 2.29. The van der Waals surface area contributed by atoms with Gasteiger partial charge in [-0.1, -0.05) is 26.2 Å². The van der Waals surface area contributed by atoms with Crippen molar-refractivity contribution in [2.24, 2.45) is 0 Å². The maximum atomic E-state index is 12.0. The Morgan fingerprint density at radius 1 is 1.19 bits per heavy atom. The lowest BCUT2D eigenvalue weighted by molar-refractivity contribution is 0.418. The molecule has 0 saturated heterocycles. The zero-order chi connectivity index (χ0) is 15.5. The summed E-state index contributed by atoms with van der Waals surface area (Å²) in [7, 11) is -3.25. The summed E-state index contributed by atoms with van der Waals surface area (Å²) < 4.78 is 24.0. The number of nitrogen functional groups attached to an aromatic ring is 1. The molecule has 0 aliphatic heterocycles. The van der Waals surface area contributed by atoms with Crippen LogP contribution in [0.2, 0.25) is 0 Å². The quantitative estimate of drug-likeness (QED) is 0.848. The molecule has 1 aliphatic rings. The van der Waals surface area contributed by atoms with Crippen LogP contribution in [0.4, 0.5) is 11.4 Å². The fourth-order valence-electron chi connectivity index (χ4n) is 3.20. The number of nitrogens with two attached hydrogens (primary N) is 1. The second kappa shape index (κ2) is 6.69. The van der Waals surface area contributed by atoms with Crippen molar-refractivity contribution in [1.82, 2.24) is 0 Å². The zero-order valence-electron chi connectivity index (χ0n) is 13.0. The van der Waals surface area contributed by atoms with Crippen molar-refractivity contribution in [3.8, 4) is 0 Å². The second-order valence-corrected chi connectivity index (χ2v) is 7.95. The SMILES string of the molecule is CCN(c1ccc(S(=O)(=O)CC)c(N)c1)C1CCCCC1. The van der Waals surface area contributed by atoms with Gasteiger partial charge in [0.15, 0.2) is 9.84 Å². The third-order valence-electron chi connectivity index (χ3n) is 4.40. The van der Waals surface area contributed by atoms with E-state index in [2.05, 4.69) is 11.8 Å². The van der Waals surface area contributed by atoms with Gasteiger partial charge in [-0.3, -0.25) is 0 Å². The van der Waals surface area contributed by atoms with Crippen LogP contribution < -0.4 is 10.6 Å². The Kier molecular flexibility index (Phi) is 5.14. The molecule has 0 aromatic heterocycles. The number of hydrogen-bond donors (Lipinski definition) is 1. The average Bonchev–Trinajstić information content (AvgIpc) is 2.49. The summed E-state index contributed by atoms with van der Waals surface area (Å²) in [4.78, 5) is 2.62. The lowest BCUT2D eigenvalue weighted by atomic mass is 9.94. The summed E-state index contributed by atoms with van der Waals surface area (Å²) in [6, 6.07) is 5.93. The fourth-order valence-corrected chi connectivity index (χ4v) is 4.20. The van der Waals surface area contributed by atoms with E-state index in [-0.39, 0.29) is 10.6 Å². The minimum absolute atomic E-state index is 0.0800. The fraction of sp³-hybridized carbons (Fsp3) is 0.625. The van der Waals surface area contributed by atoms with Crippen LogP contribution >= 0.6 is 0 Å². The van der Waals surface area contributed by atoms with Crippen LogP contribution in [0.15, 0.2) is 23.1 Å². The summed E-state index contributed by atoms with van der Waals surface area (Å²) >= 11 is 0. The summed E-state index contributed by atoms with van der Waals surface area (Å²) in [6.07, 6.45) is 6.30. The van der Waals surface area contributed by atoms with Crippen molar-refractivity contribution in [2.45, 2.75) is 56.9 Å². The molecule has 0 unspecified atom stereocenters. The van der Waals surface area contributed by atoms with E-state index >= 15 is 0 Å². The highest BCUT2D eigenvalue weighted by atomic mass is 32.2. The van der Waals surface area contributed by atoms with Gasteiger partial charge in [0.2, 0.25) is 0 Å². The van der Waals surface area contributed by atoms with Crippen molar-refractivity contribution < 1.29 is 8.42 Å². The van der Waals surface area contributed by atoms with E-state index in [1.165, 1.54) is 32.1 Å². The van der Waals surface area contributed by atoms with Gasteiger partial charge in [-0.2, -0.15) is 0 Å². The van der Waals surface area contributed by atoms with Crippen molar-refractivity contribution in [2.75, 3.05) is 22.9 Å².